The Morgan fingerprint density at radius 1 is 1.50 bits per heavy atom. The summed E-state index contributed by atoms with van der Waals surface area (Å²) in [6.07, 6.45) is 2.35. The Morgan fingerprint density at radius 3 is 3.00 bits per heavy atom. The number of carbonyl (C=O) groups excluding carboxylic acids is 1. The average molecular weight is 235 g/mol. The Labute approximate surface area is 98.1 Å². The van der Waals surface area contributed by atoms with Crippen LogP contribution < -0.4 is 5.32 Å². The van der Waals surface area contributed by atoms with Crippen molar-refractivity contribution in [2.75, 3.05) is 0 Å². The molecule has 2 heterocycles. The van der Waals surface area contributed by atoms with Crippen LogP contribution in [-0.4, -0.2) is 11.9 Å². The smallest absolute Gasteiger partial charge is 0.261 e. The monoisotopic (exact) mass is 235 g/mol. The van der Waals surface area contributed by atoms with Gasteiger partial charge < -0.3 is 9.73 Å². The lowest BCUT2D eigenvalue weighted by molar-refractivity contribution is 0.0943. The highest BCUT2D eigenvalue weighted by molar-refractivity contribution is 7.12. The van der Waals surface area contributed by atoms with Crippen LogP contribution in [0, 0.1) is 0 Å². The Balaban J connectivity index is 1.88. The van der Waals surface area contributed by atoms with Crippen LogP contribution in [0.25, 0.3) is 0 Å². The third kappa shape index (κ3) is 2.73. The molecule has 0 aromatic carbocycles. The first-order valence-corrected chi connectivity index (χ1v) is 6.00. The van der Waals surface area contributed by atoms with E-state index in [1.807, 2.05) is 36.6 Å². The van der Waals surface area contributed by atoms with Gasteiger partial charge in [-0.2, -0.15) is 0 Å². The van der Waals surface area contributed by atoms with Crippen LogP contribution in [0.2, 0.25) is 0 Å². The van der Waals surface area contributed by atoms with Gasteiger partial charge in [0, 0.05) is 12.5 Å². The molecule has 0 radical (unpaired) electrons. The van der Waals surface area contributed by atoms with Crippen molar-refractivity contribution in [2.24, 2.45) is 0 Å². The summed E-state index contributed by atoms with van der Waals surface area (Å²) in [5.74, 6) is 0.869. The summed E-state index contributed by atoms with van der Waals surface area (Å²) >= 11 is 1.45. The Hall–Kier alpha value is -1.55. The van der Waals surface area contributed by atoms with E-state index >= 15 is 0 Å². The zero-order valence-corrected chi connectivity index (χ0v) is 9.79. The van der Waals surface area contributed by atoms with Gasteiger partial charge in [-0.3, -0.25) is 4.79 Å². The van der Waals surface area contributed by atoms with Crippen LogP contribution in [-0.2, 0) is 6.42 Å². The molecule has 0 spiro atoms. The molecule has 84 valence electrons. The Morgan fingerprint density at radius 2 is 2.38 bits per heavy atom. The van der Waals surface area contributed by atoms with E-state index in [-0.39, 0.29) is 11.9 Å². The van der Waals surface area contributed by atoms with Crippen LogP contribution in [0.1, 0.15) is 22.4 Å². The third-order valence-electron chi connectivity index (χ3n) is 2.21. The SMILES string of the molecule is CC(Cc1ccco1)NC(=O)c1cccs1. The molecule has 2 rings (SSSR count). The van der Waals surface area contributed by atoms with Crippen molar-refractivity contribution in [1.82, 2.24) is 5.32 Å². The van der Waals surface area contributed by atoms with E-state index in [0.717, 1.165) is 10.6 Å². The molecule has 2 aromatic rings. The van der Waals surface area contributed by atoms with Crippen molar-refractivity contribution in [1.29, 1.82) is 0 Å². The summed E-state index contributed by atoms with van der Waals surface area (Å²) in [4.78, 5) is 12.5. The van der Waals surface area contributed by atoms with Crippen molar-refractivity contribution in [3.63, 3.8) is 0 Å². The standard InChI is InChI=1S/C12H13NO2S/c1-9(8-10-4-2-6-15-10)13-12(14)11-5-3-7-16-11/h2-7,9H,8H2,1H3,(H,13,14). The first-order chi connectivity index (χ1) is 7.75. The number of carbonyl (C=O) groups is 1. The van der Waals surface area contributed by atoms with Crippen LogP contribution in [0.5, 0.6) is 0 Å². The molecular weight excluding hydrogens is 222 g/mol. The Bertz CT molecular complexity index is 434. The van der Waals surface area contributed by atoms with Gasteiger partial charge in [0.2, 0.25) is 0 Å². The summed E-state index contributed by atoms with van der Waals surface area (Å²) < 4.78 is 5.23. The molecular formula is C12H13NO2S. The van der Waals surface area contributed by atoms with Gasteiger partial charge >= 0.3 is 0 Å². The number of thiophene rings is 1. The molecule has 0 aliphatic carbocycles. The maximum absolute atomic E-state index is 11.7. The van der Waals surface area contributed by atoms with E-state index in [4.69, 9.17) is 4.42 Å². The van der Waals surface area contributed by atoms with Gasteiger partial charge in [0.25, 0.3) is 5.91 Å². The summed E-state index contributed by atoms with van der Waals surface area (Å²) in [6, 6.07) is 7.52. The van der Waals surface area contributed by atoms with E-state index < -0.39 is 0 Å². The quantitative estimate of drug-likeness (QED) is 0.885. The predicted octanol–water partition coefficient (Wildman–Crippen LogP) is 2.70. The second-order valence-electron chi connectivity index (χ2n) is 3.64. The van der Waals surface area contributed by atoms with Gasteiger partial charge in [-0.15, -0.1) is 11.3 Å². The van der Waals surface area contributed by atoms with E-state index in [9.17, 15) is 4.79 Å². The molecule has 3 nitrogen and oxygen atoms in total. The second kappa shape index (κ2) is 4.99. The highest BCUT2D eigenvalue weighted by atomic mass is 32.1. The van der Waals surface area contributed by atoms with E-state index in [1.165, 1.54) is 11.3 Å². The largest absolute Gasteiger partial charge is 0.469 e. The number of hydrogen-bond acceptors (Lipinski definition) is 3. The number of furan rings is 1. The molecule has 16 heavy (non-hydrogen) atoms. The van der Waals surface area contributed by atoms with Crippen molar-refractivity contribution in [2.45, 2.75) is 19.4 Å². The molecule has 0 saturated carbocycles. The molecule has 4 heteroatoms. The van der Waals surface area contributed by atoms with Crippen LogP contribution in [0.3, 0.4) is 0 Å². The maximum atomic E-state index is 11.7. The molecule has 0 aliphatic rings. The van der Waals surface area contributed by atoms with Crippen LogP contribution >= 0.6 is 11.3 Å². The molecule has 0 bridgehead atoms. The van der Waals surface area contributed by atoms with Crippen molar-refractivity contribution >= 4 is 17.2 Å². The summed E-state index contributed by atoms with van der Waals surface area (Å²) in [6.45, 7) is 1.97. The fourth-order valence-electron chi connectivity index (χ4n) is 1.48. The second-order valence-corrected chi connectivity index (χ2v) is 4.58. The number of hydrogen-bond donors (Lipinski definition) is 1. The van der Waals surface area contributed by atoms with Gasteiger partial charge in [-0.25, -0.2) is 0 Å². The van der Waals surface area contributed by atoms with Gasteiger partial charge in [-0.05, 0) is 30.5 Å². The average Bonchev–Trinajstić information content (AvgIpc) is 2.88. The highest BCUT2D eigenvalue weighted by Gasteiger charge is 2.11. The predicted molar refractivity (Wildman–Crippen MR) is 63.7 cm³/mol. The van der Waals surface area contributed by atoms with Crippen molar-refractivity contribution < 1.29 is 9.21 Å². The van der Waals surface area contributed by atoms with E-state index in [0.29, 0.717) is 6.42 Å². The van der Waals surface area contributed by atoms with Crippen LogP contribution in [0.15, 0.2) is 40.3 Å². The molecule has 1 unspecified atom stereocenters. The van der Waals surface area contributed by atoms with Crippen molar-refractivity contribution in [3.05, 3.63) is 46.5 Å². The molecule has 0 aliphatic heterocycles. The van der Waals surface area contributed by atoms with Gasteiger partial charge in [-0.1, -0.05) is 6.07 Å². The van der Waals surface area contributed by atoms with E-state index in [1.54, 1.807) is 6.26 Å². The fraction of sp³-hybridized carbons (Fsp3) is 0.250. The lowest BCUT2D eigenvalue weighted by atomic mass is 10.2. The molecule has 1 amide bonds. The molecule has 2 aromatic heterocycles. The van der Waals surface area contributed by atoms with Gasteiger partial charge in [0.15, 0.2) is 0 Å². The minimum Gasteiger partial charge on any atom is -0.469 e. The topological polar surface area (TPSA) is 42.2 Å². The lowest BCUT2D eigenvalue weighted by Crippen LogP contribution is -2.33. The van der Waals surface area contributed by atoms with Gasteiger partial charge in [0.1, 0.15) is 5.76 Å². The third-order valence-corrected chi connectivity index (χ3v) is 3.08. The lowest BCUT2D eigenvalue weighted by Gasteiger charge is -2.11. The number of nitrogens with one attached hydrogen (secondary N) is 1. The normalized spacial score (nSPS) is 12.3. The minimum absolute atomic E-state index is 0.0194. The molecule has 0 saturated heterocycles. The Kier molecular flexibility index (Phi) is 3.41. The maximum Gasteiger partial charge on any atom is 0.261 e. The summed E-state index contributed by atoms with van der Waals surface area (Å²) in [5, 5.41) is 4.83. The fourth-order valence-corrected chi connectivity index (χ4v) is 2.11. The number of rotatable bonds is 4. The zero-order chi connectivity index (χ0) is 11.4. The van der Waals surface area contributed by atoms with Gasteiger partial charge in [0.05, 0.1) is 11.1 Å². The minimum atomic E-state index is -0.0194. The molecule has 0 fully saturated rings. The summed E-state index contributed by atoms with van der Waals surface area (Å²) in [5.41, 5.74) is 0. The zero-order valence-electron chi connectivity index (χ0n) is 8.97. The summed E-state index contributed by atoms with van der Waals surface area (Å²) in [7, 11) is 0. The highest BCUT2D eigenvalue weighted by Crippen LogP contribution is 2.09. The van der Waals surface area contributed by atoms with E-state index in [2.05, 4.69) is 5.32 Å². The number of amides is 1. The molecule has 1 N–H and O–H groups in total. The first-order valence-electron chi connectivity index (χ1n) is 5.12. The van der Waals surface area contributed by atoms with Crippen LogP contribution in [0.4, 0.5) is 0 Å². The first kappa shape index (κ1) is 11.0. The molecule has 1 atom stereocenters. The van der Waals surface area contributed by atoms with Crippen molar-refractivity contribution in [3.8, 4) is 0 Å².